The molecule has 4 rings (SSSR count). The zero-order valence-corrected chi connectivity index (χ0v) is 20.2. The molecule has 7 heteroatoms. The van der Waals surface area contributed by atoms with Crippen LogP contribution in [0.4, 0.5) is 4.39 Å². The maximum Gasteiger partial charge on any atom is 0.273 e. The first-order valence-corrected chi connectivity index (χ1v) is 12.0. The maximum absolute atomic E-state index is 13.7. The topological polar surface area (TPSA) is 67.2 Å². The van der Waals surface area contributed by atoms with Gasteiger partial charge in [0, 0.05) is 18.0 Å². The van der Waals surface area contributed by atoms with E-state index in [4.69, 9.17) is 5.10 Å². The smallest absolute Gasteiger partial charge is 0.273 e. The molecule has 1 aliphatic heterocycles. The van der Waals surface area contributed by atoms with E-state index in [9.17, 15) is 14.0 Å². The molecule has 0 bridgehead atoms. The molecule has 2 heterocycles. The molecule has 0 saturated heterocycles. The van der Waals surface area contributed by atoms with Crippen molar-refractivity contribution in [1.29, 1.82) is 0 Å². The maximum atomic E-state index is 13.7. The van der Waals surface area contributed by atoms with E-state index in [1.807, 2.05) is 13.0 Å². The molecule has 1 N–H and O–H groups in total. The molecule has 2 amide bonds. The third-order valence-corrected chi connectivity index (χ3v) is 7.00. The number of amides is 2. The van der Waals surface area contributed by atoms with Crippen molar-refractivity contribution < 1.29 is 14.0 Å². The Kier molecular flexibility index (Phi) is 6.34. The Labute approximate surface area is 195 Å². The number of hydrogen-bond acceptors (Lipinski definition) is 3. The molecule has 6 nitrogen and oxygen atoms in total. The largest absolute Gasteiger partial charge is 0.351 e. The third kappa shape index (κ3) is 4.82. The van der Waals surface area contributed by atoms with Gasteiger partial charge in [0.1, 0.15) is 17.1 Å². The van der Waals surface area contributed by atoms with Crippen LogP contribution in [0.5, 0.6) is 0 Å². The highest BCUT2D eigenvalue weighted by Crippen LogP contribution is 2.32. The Hall–Kier alpha value is -2.70. The van der Waals surface area contributed by atoms with Gasteiger partial charge in [0.15, 0.2) is 0 Å². The van der Waals surface area contributed by atoms with E-state index in [0.717, 1.165) is 36.9 Å². The van der Waals surface area contributed by atoms with E-state index in [2.05, 4.69) is 26.1 Å². The second-order valence-corrected chi connectivity index (χ2v) is 10.8. The first-order chi connectivity index (χ1) is 15.6. The highest BCUT2D eigenvalue weighted by atomic mass is 19.1. The molecule has 1 aromatic carbocycles. The van der Waals surface area contributed by atoms with Crippen molar-refractivity contribution in [3.05, 3.63) is 53.1 Å². The Morgan fingerprint density at radius 1 is 1.15 bits per heavy atom. The van der Waals surface area contributed by atoms with Gasteiger partial charge in [-0.3, -0.25) is 14.3 Å². The summed E-state index contributed by atoms with van der Waals surface area (Å²) in [7, 11) is 0. The standard InChI is InChI=1S/C26H35FN4O2/c1-25(2,3)22-15-21-23(32)30(16-18-11-13-19(27)14-12-18)26(4,17-31(21)29-22)24(33)28-20-9-7-5-6-8-10-20/h11-15,20H,5-10,16-17H2,1-4H3,(H,28,33)/t26-/m1/s1. The van der Waals surface area contributed by atoms with Crippen LogP contribution in [0.2, 0.25) is 0 Å². The van der Waals surface area contributed by atoms with E-state index in [-0.39, 0.29) is 42.2 Å². The molecule has 1 aromatic heterocycles. The van der Waals surface area contributed by atoms with Crippen molar-refractivity contribution in [3.8, 4) is 0 Å². The normalized spacial score (nSPS) is 22.1. The highest BCUT2D eigenvalue weighted by Gasteiger charge is 2.48. The monoisotopic (exact) mass is 454 g/mol. The number of aromatic nitrogens is 2. The number of hydrogen-bond donors (Lipinski definition) is 1. The lowest BCUT2D eigenvalue weighted by Gasteiger charge is -2.44. The van der Waals surface area contributed by atoms with Gasteiger partial charge >= 0.3 is 0 Å². The molecular formula is C26H35FN4O2. The Bertz CT molecular complexity index is 1020. The fourth-order valence-electron chi connectivity index (χ4n) is 4.79. The fraction of sp³-hybridized carbons (Fsp3) is 0.577. The van der Waals surface area contributed by atoms with Crippen LogP contribution in [0.25, 0.3) is 0 Å². The Balaban J connectivity index is 1.69. The molecule has 2 aromatic rings. The summed E-state index contributed by atoms with van der Waals surface area (Å²) in [6.07, 6.45) is 6.55. The van der Waals surface area contributed by atoms with Crippen molar-refractivity contribution in [2.24, 2.45) is 0 Å². The summed E-state index contributed by atoms with van der Waals surface area (Å²) in [6.45, 7) is 8.50. The summed E-state index contributed by atoms with van der Waals surface area (Å²) in [5, 5.41) is 7.95. The quantitative estimate of drug-likeness (QED) is 0.688. The lowest BCUT2D eigenvalue weighted by molar-refractivity contribution is -0.134. The van der Waals surface area contributed by atoms with E-state index in [1.165, 1.54) is 25.0 Å². The molecule has 0 spiro atoms. The molecule has 0 unspecified atom stereocenters. The minimum Gasteiger partial charge on any atom is -0.351 e. The average Bonchev–Trinajstić information content (AvgIpc) is 3.02. The van der Waals surface area contributed by atoms with Gasteiger partial charge in [0.25, 0.3) is 5.91 Å². The summed E-state index contributed by atoms with van der Waals surface area (Å²) >= 11 is 0. The number of nitrogens with zero attached hydrogens (tertiary/aromatic N) is 3. The summed E-state index contributed by atoms with van der Waals surface area (Å²) in [5.41, 5.74) is 0.766. The summed E-state index contributed by atoms with van der Waals surface area (Å²) in [6, 6.07) is 8.06. The number of benzene rings is 1. The molecular weight excluding hydrogens is 419 g/mol. The summed E-state index contributed by atoms with van der Waals surface area (Å²) in [4.78, 5) is 29.0. The zero-order valence-electron chi connectivity index (χ0n) is 20.2. The fourth-order valence-corrected chi connectivity index (χ4v) is 4.79. The van der Waals surface area contributed by atoms with Crippen molar-refractivity contribution in [2.45, 2.75) is 96.3 Å². The molecule has 0 radical (unpaired) electrons. The second-order valence-electron chi connectivity index (χ2n) is 10.8. The molecule has 1 atom stereocenters. The van der Waals surface area contributed by atoms with Crippen LogP contribution in [0.15, 0.2) is 30.3 Å². The Morgan fingerprint density at radius 3 is 2.39 bits per heavy atom. The molecule has 2 aliphatic rings. The Morgan fingerprint density at radius 2 is 1.79 bits per heavy atom. The SMILES string of the molecule is CC(C)(C)c1cc2n(n1)C[C@](C)(C(=O)NC1CCCCCC1)N(Cc1ccc(F)cc1)C2=O. The van der Waals surface area contributed by atoms with E-state index >= 15 is 0 Å². The number of carbonyl (C=O) groups excluding carboxylic acids is 2. The molecule has 33 heavy (non-hydrogen) atoms. The average molecular weight is 455 g/mol. The molecule has 1 saturated carbocycles. The summed E-state index contributed by atoms with van der Waals surface area (Å²) < 4.78 is 15.2. The minimum absolute atomic E-state index is 0.128. The van der Waals surface area contributed by atoms with Crippen LogP contribution in [0.1, 0.15) is 88.0 Å². The van der Waals surface area contributed by atoms with Gasteiger partial charge in [-0.15, -0.1) is 0 Å². The molecule has 1 fully saturated rings. The molecule has 1 aliphatic carbocycles. The number of halogens is 1. The van der Waals surface area contributed by atoms with Gasteiger partial charge in [0.05, 0.1) is 12.2 Å². The first kappa shape index (κ1) is 23.5. The van der Waals surface area contributed by atoms with Crippen LogP contribution >= 0.6 is 0 Å². The molecule has 178 valence electrons. The zero-order chi connectivity index (χ0) is 23.8. The summed E-state index contributed by atoms with van der Waals surface area (Å²) in [5.74, 6) is -0.708. The third-order valence-electron chi connectivity index (χ3n) is 7.00. The van der Waals surface area contributed by atoms with Crippen molar-refractivity contribution in [1.82, 2.24) is 20.0 Å². The first-order valence-electron chi connectivity index (χ1n) is 12.0. The van der Waals surface area contributed by atoms with Crippen LogP contribution < -0.4 is 5.32 Å². The lowest BCUT2D eigenvalue weighted by atomic mass is 9.91. The number of rotatable bonds is 4. The van der Waals surface area contributed by atoms with Crippen LogP contribution in [0, 0.1) is 5.82 Å². The highest BCUT2D eigenvalue weighted by molar-refractivity contribution is 5.99. The van der Waals surface area contributed by atoms with Crippen molar-refractivity contribution in [3.63, 3.8) is 0 Å². The van der Waals surface area contributed by atoms with Crippen molar-refractivity contribution in [2.75, 3.05) is 0 Å². The van der Waals surface area contributed by atoms with Crippen LogP contribution in [-0.4, -0.2) is 38.1 Å². The minimum atomic E-state index is -1.11. The second kappa shape index (κ2) is 8.92. The van der Waals surface area contributed by atoms with Crippen molar-refractivity contribution >= 4 is 11.8 Å². The van der Waals surface area contributed by atoms with Crippen LogP contribution in [-0.2, 0) is 23.3 Å². The number of carbonyl (C=O) groups is 2. The van der Waals surface area contributed by atoms with Gasteiger partial charge in [-0.1, -0.05) is 58.6 Å². The number of fused-ring (bicyclic) bond motifs is 1. The van der Waals surface area contributed by atoms with Gasteiger partial charge in [-0.05, 0) is 43.5 Å². The lowest BCUT2D eigenvalue weighted by Crippen LogP contribution is -2.64. The van der Waals surface area contributed by atoms with Gasteiger partial charge in [-0.2, -0.15) is 5.10 Å². The van der Waals surface area contributed by atoms with Gasteiger partial charge in [0.2, 0.25) is 5.91 Å². The van der Waals surface area contributed by atoms with E-state index < -0.39 is 5.54 Å². The van der Waals surface area contributed by atoms with E-state index in [0.29, 0.717) is 5.69 Å². The predicted molar refractivity (Wildman–Crippen MR) is 125 cm³/mol. The van der Waals surface area contributed by atoms with Gasteiger partial charge in [-0.25, -0.2) is 4.39 Å². The van der Waals surface area contributed by atoms with Crippen LogP contribution in [0.3, 0.4) is 0 Å². The predicted octanol–water partition coefficient (Wildman–Crippen LogP) is 4.57. The van der Waals surface area contributed by atoms with Gasteiger partial charge < -0.3 is 10.2 Å². The number of nitrogens with one attached hydrogen (secondary N) is 1. The van der Waals surface area contributed by atoms with E-state index in [1.54, 1.807) is 21.7 Å².